The van der Waals surface area contributed by atoms with E-state index in [2.05, 4.69) is 36.9 Å². The molecule has 142 valence electrons. The summed E-state index contributed by atoms with van der Waals surface area (Å²) in [5.41, 5.74) is 4.40. The molecular weight excluding hydrogens is 342 g/mol. The fraction of sp³-hybridized carbons (Fsp3) is 0.450. The van der Waals surface area contributed by atoms with Crippen molar-refractivity contribution in [3.63, 3.8) is 0 Å². The number of aliphatic imine (C=N–C) groups is 1. The molecule has 0 saturated carbocycles. The van der Waals surface area contributed by atoms with E-state index in [1.54, 1.807) is 11.9 Å². The molecule has 2 unspecified atom stereocenters. The Kier molecular flexibility index (Phi) is 3.98. The molecular formula is C20H25N5O2. The molecule has 0 spiro atoms. The zero-order valence-electron chi connectivity index (χ0n) is 16.4. The summed E-state index contributed by atoms with van der Waals surface area (Å²) >= 11 is 0. The van der Waals surface area contributed by atoms with Gasteiger partial charge >= 0.3 is 6.03 Å². The van der Waals surface area contributed by atoms with Crippen molar-refractivity contribution >= 4 is 23.6 Å². The van der Waals surface area contributed by atoms with Crippen LogP contribution >= 0.6 is 0 Å². The van der Waals surface area contributed by atoms with Gasteiger partial charge in [0, 0.05) is 25.5 Å². The van der Waals surface area contributed by atoms with Crippen LogP contribution in [0.3, 0.4) is 0 Å². The highest BCUT2D eigenvalue weighted by atomic mass is 16.2. The predicted octanol–water partition coefficient (Wildman–Crippen LogP) is 2.66. The number of hydrogen-bond donors (Lipinski definition) is 0. The van der Waals surface area contributed by atoms with Gasteiger partial charge in [0.1, 0.15) is 0 Å². The molecule has 3 aliphatic rings. The number of aryl methyl sites for hydroxylation is 2. The minimum Gasteiger partial charge on any atom is -0.302 e. The molecule has 7 nitrogen and oxygen atoms in total. The Morgan fingerprint density at radius 3 is 2.56 bits per heavy atom. The molecule has 7 heteroatoms. The molecule has 27 heavy (non-hydrogen) atoms. The Balaban J connectivity index is 1.74. The second-order valence-corrected chi connectivity index (χ2v) is 7.47. The van der Waals surface area contributed by atoms with Crippen LogP contribution < -0.4 is 4.90 Å². The van der Waals surface area contributed by atoms with E-state index in [1.807, 2.05) is 24.9 Å². The number of benzene rings is 1. The molecule has 0 bridgehead atoms. The summed E-state index contributed by atoms with van der Waals surface area (Å²) in [7, 11) is 1.72. The second kappa shape index (κ2) is 6.11. The van der Waals surface area contributed by atoms with E-state index in [0.717, 1.165) is 23.4 Å². The van der Waals surface area contributed by atoms with Crippen molar-refractivity contribution < 1.29 is 9.59 Å². The van der Waals surface area contributed by atoms with Gasteiger partial charge in [-0.25, -0.2) is 9.79 Å². The molecule has 3 heterocycles. The highest BCUT2D eigenvalue weighted by Gasteiger charge is 2.54. The van der Waals surface area contributed by atoms with Gasteiger partial charge in [-0.3, -0.25) is 14.6 Å². The van der Waals surface area contributed by atoms with Gasteiger partial charge in [-0.2, -0.15) is 0 Å². The van der Waals surface area contributed by atoms with E-state index in [4.69, 9.17) is 4.99 Å². The number of anilines is 1. The number of fused-ring (bicyclic) bond motifs is 3. The fourth-order valence-corrected chi connectivity index (χ4v) is 4.14. The maximum absolute atomic E-state index is 13.1. The first-order valence-corrected chi connectivity index (χ1v) is 9.35. The quantitative estimate of drug-likeness (QED) is 0.824. The molecule has 0 aromatic heterocycles. The molecule has 1 aromatic carbocycles. The molecule has 0 N–H and O–H groups in total. The maximum atomic E-state index is 13.1. The molecule has 0 aliphatic carbocycles. The molecule has 3 aliphatic heterocycles. The molecule has 3 amide bonds. The minimum absolute atomic E-state index is 0.171. The van der Waals surface area contributed by atoms with Crippen molar-refractivity contribution in [2.45, 2.75) is 46.3 Å². The summed E-state index contributed by atoms with van der Waals surface area (Å²) in [5.74, 6) is 0.538. The normalized spacial score (nSPS) is 24.3. The lowest BCUT2D eigenvalue weighted by Gasteiger charge is -2.40. The van der Waals surface area contributed by atoms with Gasteiger partial charge in [0.05, 0.1) is 5.69 Å². The largest absolute Gasteiger partial charge is 0.328 e. The Labute approximate surface area is 159 Å². The lowest BCUT2D eigenvalue weighted by Crippen LogP contribution is -2.64. The summed E-state index contributed by atoms with van der Waals surface area (Å²) in [5, 5.41) is 0. The highest BCUT2D eigenvalue weighted by molar-refractivity contribution is 6.10. The van der Waals surface area contributed by atoms with Gasteiger partial charge in [0.2, 0.25) is 5.96 Å². The summed E-state index contributed by atoms with van der Waals surface area (Å²) in [4.78, 5) is 37.4. The standard InChI is InChI=1S/C20H25N5O2/c1-6-9-23-18(26)16-17(22(5)20(23)27)21-19-24(16)11-14(4)25(19)15-8-7-12(2)10-13(15)3/h7-8,10-11,16-17H,6,9H2,1-5H3. The maximum Gasteiger partial charge on any atom is 0.328 e. The third kappa shape index (κ3) is 2.44. The van der Waals surface area contributed by atoms with Gasteiger partial charge in [-0.1, -0.05) is 24.6 Å². The topological polar surface area (TPSA) is 59.5 Å². The number of allylic oxidation sites excluding steroid dienone is 1. The summed E-state index contributed by atoms with van der Waals surface area (Å²) < 4.78 is 0. The molecule has 1 aromatic rings. The number of likely N-dealkylation sites (N-methyl/N-ethyl adjacent to an activating group) is 1. The third-order valence-electron chi connectivity index (χ3n) is 5.43. The number of carbonyl (C=O) groups excluding carboxylic acids is 2. The Morgan fingerprint density at radius 1 is 1.15 bits per heavy atom. The van der Waals surface area contributed by atoms with Crippen LogP contribution in [0.25, 0.3) is 0 Å². The molecule has 4 rings (SSSR count). The zero-order chi connectivity index (χ0) is 19.5. The first-order chi connectivity index (χ1) is 12.8. The van der Waals surface area contributed by atoms with Crippen LogP contribution in [0.5, 0.6) is 0 Å². The summed E-state index contributed by atoms with van der Waals surface area (Å²) in [6, 6.07) is 5.52. The van der Waals surface area contributed by atoms with E-state index >= 15 is 0 Å². The van der Waals surface area contributed by atoms with E-state index in [-0.39, 0.29) is 11.9 Å². The van der Waals surface area contributed by atoms with Crippen LogP contribution in [0, 0.1) is 13.8 Å². The molecule has 1 saturated heterocycles. The van der Waals surface area contributed by atoms with Crippen molar-refractivity contribution in [2.24, 2.45) is 4.99 Å². The second-order valence-electron chi connectivity index (χ2n) is 7.47. The monoisotopic (exact) mass is 367 g/mol. The Bertz CT molecular complexity index is 890. The summed E-state index contributed by atoms with van der Waals surface area (Å²) in [6.07, 6.45) is 2.21. The third-order valence-corrected chi connectivity index (χ3v) is 5.43. The van der Waals surface area contributed by atoms with Gasteiger partial charge < -0.3 is 9.80 Å². The number of urea groups is 1. The van der Waals surface area contributed by atoms with E-state index in [1.165, 1.54) is 10.5 Å². The van der Waals surface area contributed by atoms with E-state index in [0.29, 0.717) is 12.5 Å². The number of amides is 3. The minimum atomic E-state index is -0.500. The predicted molar refractivity (Wildman–Crippen MR) is 104 cm³/mol. The number of carbonyl (C=O) groups is 2. The van der Waals surface area contributed by atoms with Crippen LogP contribution in [0.1, 0.15) is 31.4 Å². The first kappa shape index (κ1) is 17.6. The van der Waals surface area contributed by atoms with Crippen molar-refractivity contribution in [1.29, 1.82) is 0 Å². The number of rotatable bonds is 3. The highest BCUT2D eigenvalue weighted by Crippen LogP contribution is 2.37. The van der Waals surface area contributed by atoms with Crippen molar-refractivity contribution in [3.8, 4) is 0 Å². The number of imide groups is 1. The van der Waals surface area contributed by atoms with Gasteiger partial charge in [0.25, 0.3) is 5.91 Å². The Morgan fingerprint density at radius 2 is 1.89 bits per heavy atom. The smallest absolute Gasteiger partial charge is 0.302 e. The number of nitrogens with zero attached hydrogens (tertiary/aromatic N) is 5. The fourth-order valence-electron chi connectivity index (χ4n) is 4.14. The van der Waals surface area contributed by atoms with Crippen molar-refractivity contribution in [2.75, 3.05) is 18.5 Å². The van der Waals surface area contributed by atoms with E-state index in [9.17, 15) is 9.59 Å². The van der Waals surface area contributed by atoms with Gasteiger partial charge in [-0.05, 0) is 38.8 Å². The Hall–Kier alpha value is -2.83. The van der Waals surface area contributed by atoms with Crippen LogP contribution in [0.2, 0.25) is 0 Å². The first-order valence-electron chi connectivity index (χ1n) is 9.35. The average Bonchev–Trinajstić information content (AvgIpc) is 3.12. The van der Waals surface area contributed by atoms with Crippen LogP contribution in [0.4, 0.5) is 10.5 Å². The van der Waals surface area contributed by atoms with Crippen molar-refractivity contribution in [1.82, 2.24) is 14.7 Å². The number of guanidine groups is 1. The van der Waals surface area contributed by atoms with Gasteiger partial charge in [-0.15, -0.1) is 0 Å². The molecule has 1 fully saturated rings. The SMILES string of the molecule is CCCN1C(=O)C2C(N=C3N(c4ccc(C)cc4C)C(C)=CN32)N(C)C1=O. The lowest BCUT2D eigenvalue weighted by molar-refractivity contribution is -0.136. The average molecular weight is 367 g/mol. The number of hydrogen-bond acceptors (Lipinski definition) is 5. The van der Waals surface area contributed by atoms with Crippen LogP contribution in [0.15, 0.2) is 35.1 Å². The van der Waals surface area contributed by atoms with Crippen LogP contribution in [-0.2, 0) is 4.79 Å². The van der Waals surface area contributed by atoms with Crippen LogP contribution in [-0.4, -0.2) is 58.4 Å². The van der Waals surface area contributed by atoms with Gasteiger partial charge in [0.15, 0.2) is 12.2 Å². The molecule has 0 radical (unpaired) electrons. The summed E-state index contributed by atoms with van der Waals surface area (Å²) in [6.45, 7) is 8.55. The molecule has 2 atom stereocenters. The van der Waals surface area contributed by atoms with E-state index < -0.39 is 12.2 Å². The lowest BCUT2D eigenvalue weighted by atomic mass is 10.1. The zero-order valence-corrected chi connectivity index (χ0v) is 16.4. The van der Waals surface area contributed by atoms with Crippen molar-refractivity contribution in [3.05, 3.63) is 41.2 Å².